The first-order chi connectivity index (χ1) is 8.58. The zero-order valence-corrected chi connectivity index (χ0v) is 13.5. The van der Waals surface area contributed by atoms with E-state index in [1.54, 1.807) is 0 Å². The van der Waals surface area contributed by atoms with Crippen LogP contribution in [0.2, 0.25) is 0 Å². The van der Waals surface area contributed by atoms with E-state index in [1.165, 1.54) is 25.7 Å². The molecule has 0 aromatic heterocycles. The molecule has 0 aromatic carbocycles. The molecule has 2 N–H and O–H groups in total. The van der Waals surface area contributed by atoms with E-state index in [0.29, 0.717) is 0 Å². The van der Waals surface area contributed by atoms with Crippen molar-refractivity contribution in [3.05, 3.63) is 11.2 Å². The van der Waals surface area contributed by atoms with Crippen LogP contribution in [0.4, 0.5) is 0 Å². The third kappa shape index (κ3) is 8.32. The Hall–Kier alpha value is 0.190. The second-order valence-corrected chi connectivity index (χ2v) is 10.6. The summed E-state index contributed by atoms with van der Waals surface area (Å²) in [5.41, 5.74) is 0. The largest absolute Gasteiger partial charge is 0.491 e. The Kier molecular flexibility index (Phi) is 11.2. The van der Waals surface area contributed by atoms with Gasteiger partial charge in [0, 0.05) is 0 Å². The molecule has 18 heavy (non-hydrogen) atoms. The van der Waals surface area contributed by atoms with E-state index in [2.05, 4.69) is 18.5 Å². The number of unbranched alkanes of at least 4 members (excludes halogenated alkanes) is 6. The van der Waals surface area contributed by atoms with E-state index in [9.17, 15) is 9.79 Å². The quantitative estimate of drug-likeness (QED) is 0.357. The van der Waals surface area contributed by atoms with Crippen molar-refractivity contribution in [2.24, 2.45) is 0 Å². The highest BCUT2D eigenvalue weighted by Gasteiger charge is 2.22. The predicted molar refractivity (Wildman–Crippen MR) is 83.3 cm³/mol. The van der Waals surface area contributed by atoms with E-state index in [-0.39, 0.29) is 0 Å². The molecule has 0 aliphatic rings. The van der Waals surface area contributed by atoms with Gasteiger partial charge in [0.2, 0.25) is 0 Å². The van der Waals surface area contributed by atoms with Crippen molar-refractivity contribution >= 4 is 16.7 Å². The first-order valence-electron chi connectivity index (χ1n) is 7.00. The third-order valence-electron chi connectivity index (χ3n) is 2.94. The summed E-state index contributed by atoms with van der Waals surface area (Å²) in [6, 6.07) is 0. The summed E-state index contributed by atoms with van der Waals surface area (Å²) in [6.45, 7) is 7.97. The molecule has 0 aromatic rings. The maximum absolute atomic E-state index is 9.82. The van der Waals surface area contributed by atoms with Gasteiger partial charge in [0.25, 0.3) is 0 Å². The van der Waals surface area contributed by atoms with Crippen molar-refractivity contribution in [2.45, 2.75) is 65.2 Å². The summed E-state index contributed by atoms with van der Waals surface area (Å²) in [7, 11) is -0.474. The topological polar surface area (TPSA) is 44.8 Å². The molecule has 0 atom stereocenters. The highest BCUT2D eigenvalue weighted by molar-refractivity contribution is 8.29. The van der Waals surface area contributed by atoms with E-state index >= 15 is 0 Å². The summed E-state index contributed by atoms with van der Waals surface area (Å²) >= 11 is 0. The van der Waals surface area contributed by atoms with Crippen LogP contribution in [0.25, 0.3) is 4.62 Å². The molecule has 0 saturated heterocycles. The second-order valence-electron chi connectivity index (χ2n) is 4.61. The lowest BCUT2D eigenvalue weighted by Crippen LogP contribution is -2.05. The molecule has 0 radical (unpaired) electrons. The molecular formula is C13H28NO2PS. The molecule has 0 saturated carbocycles. The van der Waals surface area contributed by atoms with Gasteiger partial charge in [-0.25, -0.2) is 11.2 Å². The number of hydrogen-bond acceptors (Lipinski definition) is 0. The fourth-order valence-corrected chi connectivity index (χ4v) is 6.27. The van der Waals surface area contributed by atoms with Crippen LogP contribution in [0, 0.1) is 6.57 Å². The lowest BCUT2D eigenvalue weighted by Gasteiger charge is -2.10. The van der Waals surface area contributed by atoms with Crippen LogP contribution in [-0.2, 0) is 10.1 Å². The maximum atomic E-state index is 9.82. The van der Waals surface area contributed by atoms with Gasteiger partial charge >= 0.3 is 6.64 Å². The Morgan fingerprint density at radius 1 is 0.889 bits per heavy atom. The summed E-state index contributed by atoms with van der Waals surface area (Å²) in [6.07, 6.45) is 9.13. The molecule has 0 aliphatic heterocycles. The Bertz CT molecular complexity index is 293. The molecule has 0 aliphatic carbocycles. The maximum Gasteiger partial charge on any atom is 0.491 e. The van der Waals surface area contributed by atoms with Crippen LogP contribution < -0.4 is 0 Å². The van der Waals surface area contributed by atoms with Crippen molar-refractivity contribution in [2.75, 3.05) is 11.5 Å². The fraction of sp³-hybridized carbons (Fsp3) is 0.923. The van der Waals surface area contributed by atoms with Crippen LogP contribution in [0.1, 0.15) is 65.2 Å². The highest BCUT2D eigenvalue weighted by atomic mass is 32.5. The Morgan fingerprint density at radius 3 is 1.67 bits per heavy atom. The van der Waals surface area contributed by atoms with E-state index in [0.717, 1.165) is 37.2 Å². The average Bonchev–Trinajstić information content (AvgIpc) is 2.36. The van der Waals surface area contributed by atoms with E-state index in [1.807, 2.05) is 0 Å². The van der Waals surface area contributed by atoms with Crippen LogP contribution in [0.3, 0.4) is 0 Å². The highest BCUT2D eigenvalue weighted by Crippen LogP contribution is 2.44. The molecule has 0 unspecified atom stereocenters. The van der Waals surface area contributed by atoms with Gasteiger partial charge in [-0.05, 0) is 24.3 Å². The van der Waals surface area contributed by atoms with E-state index in [4.69, 9.17) is 6.57 Å². The Morgan fingerprint density at radius 2 is 1.33 bits per heavy atom. The van der Waals surface area contributed by atoms with Crippen molar-refractivity contribution in [1.82, 2.24) is 0 Å². The lowest BCUT2D eigenvalue weighted by atomic mass is 10.2. The SMILES string of the molecule is [C-]#[N+]P(O)(O)=S(CCCCCC)CCCCCC. The summed E-state index contributed by atoms with van der Waals surface area (Å²) in [4.78, 5) is 19.6. The van der Waals surface area contributed by atoms with Gasteiger partial charge in [-0.1, -0.05) is 62.4 Å². The number of nitrogens with zero attached hydrogens (tertiary/aromatic N) is 1. The van der Waals surface area contributed by atoms with Crippen LogP contribution in [-0.4, -0.2) is 21.3 Å². The summed E-state index contributed by atoms with van der Waals surface area (Å²) in [5.74, 6) is 1.66. The lowest BCUT2D eigenvalue weighted by molar-refractivity contribution is 0.490. The molecule has 0 rings (SSSR count). The normalized spacial score (nSPS) is 11.8. The van der Waals surface area contributed by atoms with Crippen molar-refractivity contribution in [1.29, 1.82) is 0 Å². The van der Waals surface area contributed by atoms with Gasteiger partial charge in [-0.3, -0.25) is 9.79 Å². The Labute approximate surface area is 115 Å². The van der Waals surface area contributed by atoms with Crippen LogP contribution in [0.15, 0.2) is 0 Å². The standard InChI is InChI=1S/C13H28NO2PS/c1-4-6-8-10-12-18(17(15,16)14-3)13-11-9-7-5-2/h15-16H,4-13H2,1-2H3. The van der Waals surface area contributed by atoms with Gasteiger partial charge in [-0.2, -0.15) is 0 Å². The molecule has 0 bridgehead atoms. The average molecular weight is 293 g/mol. The van der Waals surface area contributed by atoms with Gasteiger partial charge in [-0.15, -0.1) is 0 Å². The minimum absolute atomic E-state index is 0.474. The molecule has 0 fully saturated rings. The van der Waals surface area contributed by atoms with Crippen molar-refractivity contribution < 1.29 is 9.79 Å². The molecule has 3 nitrogen and oxygen atoms in total. The third-order valence-corrected chi connectivity index (χ3v) is 8.84. The molecule has 5 heteroatoms. The number of rotatable bonds is 10. The number of hydrogen-bond donors (Lipinski definition) is 2. The molecular weight excluding hydrogens is 265 g/mol. The van der Waals surface area contributed by atoms with Crippen molar-refractivity contribution in [3.8, 4) is 0 Å². The minimum atomic E-state index is -3.31. The summed E-state index contributed by atoms with van der Waals surface area (Å²) in [5, 5.41) is 0. The molecule has 108 valence electrons. The molecule has 0 amide bonds. The fourth-order valence-electron chi connectivity index (χ4n) is 1.80. The summed E-state index contributed by atoms with van der Waals surface area (Å²) < 4.78 is 3.10. The molecule has 0 spiro atoms. The van der Waals surface area contributed by atoms with Crippen LogP contribution >= 0.6 is 6.64 Å². The van der Waals surface area contributed by atoms with E-state index < -0.39 is 16.7 Å². The van der Waals surface area contributed by atoms with Gasteiger partial charge in [0.05, 0.1) is 0 Å². The smallest absolute Gasteiger partial charge is 0.288 e. The van der Waals surface area contributed by atoms with Crippen LogP contribution in [0.5, 0.6) is 0 Å². The van der Waals surface area contributed by atoms with Gasteiger partial charge < -0.3 is 0 Å². The first-order valence-corrected chi connectivity index (χ1v) is 10.8. The Balaban J connectivity index is 4.29. The zero-order valence-electron chi connectivity index (χ0n) is 11.8. The molecule has 0 heterocycles. The van der Waals surface area contributed by atoms with Gasteiger partial charge in [0.15, 0.2) is 0 Å². The second kappa shape index (κ2) is 11.1. The van der Waals surface area contributed by atoms with Crippen molar-refractivity contribution in [3.63, 3.8) is 0 Å². The van der Waals surface area contributed by atoms with Gasteiger partial charge in [0.1, 0.15) is 0 Å². The first kappa shape index (κ1) is 18.2. The monoisotopic (exact) mass is 293 g/mol. The minimum Gasteiger partial charge on any atom is -0.288 e. The zero-order chi connectivity index (χ0) is 13.9. The predicted octanol–water partition coefficient (Wildman–Crippen LogP) is 4.35.